The highest BCUT2D eigenvalue weighted by molar-refractivity contribution is 7.10. The van der Waals surface area contributed by atoms with Crippen LogP contribution in [0.1, 0.15) is 9.75 Å². The van der Waals surface area contributed by atoms with Gasteiger partial charge < -0.3 is 0 Å². The van der Waals surface area contributed by atoms with E-state index in [-0.39, 0.29) is 0 Å². The zero-order valence-electron chi connectivity index (χ0n) is 7.27. The van der Waals surface area contributed by atoms with E-state index in [9.17, 15) is 0 Å². The second-order valence-electron chi connectivity index (χ2n) is 2.86. The summed E-state index contributed by atoms with van der Waals surface area (Å²) in [5.74, 6) is 0. The Morgan fingerprint density at radius 2 is 1.46 bits per heavy atom. The molecule has 2 aromatic rings. The fourth-order valence-electron chi connectivity index (χ4n) is 1.21. The van der Waals surface area contributed by atoms with Gasteiger partial charge in [-0.1, -0.05) is 12.1 Å². The number of rotatable bonds is 4. The van der Waals surface area contributed by atoms with E-state index in [2.05, 4.69) is 41.4 Å². The smallest absolute Gasteiger partial charge is 0.00482 e. The molecule has 0 aliphatic carbocycles. The monoisotopic (exact) mass is 207 g/mol. The van der Waals surface area contributed by atoms with E-state index < -0.39 is 0 Å². The Labute approximate surface area is 86.9 Å². The SMILES string of the molecule is [CH](Cc1cccs1)Cc1cccs1. The standard InChI is InChI=1S/C11H11S2/c1(4-10-6-2-8-12-10)5-11-7-3-9-13-11/h1-3,6-9H,4-5H2. The molecule has 0 spiro atoms. The predicted octanol–water partition coefficient (Wildman–Crippen LogP) is 3.80. The Kier molecular flexibility index (Phi) is 3.16. The van der Waals surface area contributed by atoms with Gasteiger partial charge in [0.1, 0.15) is 0 Å². The summed E-state index contributed by atoms with van der Waals surface area (Å²) in [5.41, 5.74) is 0. The zero-order valence-corrected chi connectivity index (χ0v) is 8.91. The first-order valence-corrected chi connectivity index (χ1v) is 6.07. The highest BCUT2D eigenvalue weighted by Crippen LogP contribution is 2.14. The number of hydrogen-bond acceptors (Lipinski definition) is 2. The number of thiophene rings is 2. The first-order chi connectivity index (χ1) is 6.45. The van der Waals surface area contributed by atoms with Gasteiger partial charge >= 0.3 is 0 Å². The average Bonchev–Trinajstić information content (AvgIpc) is 2.75. The minimum Gasteiger partial charge on any atom is -0.149 e. The fourth-order valence-corrected chi connectivity index (χ4v) is 2.62. The summed E-state index contributed by atoms with van der Waals surface area (Å²) in [6.45, 7) is 0. The predicted molar refractivity (Wildman–Crippen MR) is 60.3 cm³/mol. The molecule has 67 valence electrons. The van der Waals surface area contributed by atoms with Gasteiger partial charge in [-0.2, -0.15) is 0 Å². The van der Waals surface area contributed by atoms with Gasteiger partial charge in [0.05, 0.1) is 0 Å². The molecule has 0 fully saturated rings. The Hall–Kier alpha value is -0.600. The lowest BCUT2D eigenvalue weighted by Gasteiger charge is -1.95. The molecule has 0 aliphatic heterocycles. The van der Waals surface area contributed by atoms with Crippen molar-refractivity contribution in [1.82, 2.24) is 0 Å². The Morgan fingerprint density at radius 3 is 1.85 bits per heavy atom. The molecule has 0 aromatic carbocycles. The van der Waals surface area contributed by atoms with Crippen LogP contribution in [0, 0.1) is 6.42 Å². The van der Waals surface area contributed by atoms with Crippen molar-refractivity contribution in [3.63, 3.8) is 0 Å². The number of hydrogen-bond donors (Lipinski definition) is 0. The van der Waals surface area contributed by atoms with Crippen molar-refractivity contribution in [1.29, 1.82) is 0 Å². The lowest BCUT2D eigenvalue weighted by atomic mass is 10.2. The van der Waals surface area contributed by atoms with Crippen LogP contribution in [0.25, 0.3) is 0 Å². The van der Waals surface area contributed by atoms with Crippen molar-refractivity contribution in [3.8, 4) is 0 Å². The highest BCUT2D eigenvalue weighted by Gasteiger charge is 1.96. The first-order valence-electron chi connectivity index (χ1n) is 4.31. The quantitative estimate of drug-likeness (QED) is 0.715. The molecule has 2 heteroatoms. The third-order valence-electron chi connectivity index (χ3n) is 1.85. The van der Waals surface area contributed by atoms with Crippen molar-refractivity contribution in [3.05, 3.63) is 51.2 Å². The molecule has 2 heterocycles. The highest BCUT2D eigenvalue weighted by atomic mass is 32.1. The summed E-state index contributed by atoms with van der Waals surface area (Å²) < 4.78 is 0. The minimum atomic E-state index is 1.11. The van der Waals surface area contributed by atoms with E-state index in [0.717, 1.165) is 12.8 Å². The molecule has 0 N–H and O–H groups in total. The van der Waals surface area contributed by atoms with Crippen molar-refractivity contribution in [2.24, 2.45) is 0 Å². The Bertz CT molecular complexity index is 285. The largest absolute Gasteiger partial charge is 0.149 e. The van der Waals surface area contributed by atoms with Crippen LogP contribution in [0.15, 0.2) is 35.0 Å². The van der Waals surface area contributed by atoms with E-state index in [1.165, 1.54) is 9.75 Å². The van der Waals surface area contributed by atoms with Gasteiger partial charge in [-0.05, 0) is 42.2 Å². The maximum absolute atomic E-state index is 2.34. The molecule has 2 rings (SSSR count). The summed E-state index contributed by atoms with van der Waals surface area (Å²) in [5, 5.41) is 4.27. The van der Waals surface area contributed by atoms with Gasteiger partial charge in [0.15, 0.2) is 0 Å². The van der Waals surface area contributed by atoms with Gasteiger partial charge in [0.25, 0.3) is 0 Å². The van der Waals surface area contributed by atoms with Crippen molar-refractivity contribution < 1.29 is 0 Å². The topological polar surface area (TPSA) is 0 Å². The molecule has 0 unspecified atom stereocenters. The molecule has 2 aromatic heterocycles. The van der Waals surface area contributed by atoms with E-state index in [4.69, 9.17) is 0 Å². The molecule has 0 saturated carbocycles. The Morgan fingerprint density at radius 1 is 0.923 bits per heavy atom. The Balaban J connectivity index is 1.76. The molecule has 0 atom stereocenters. The van der Waals surface area contributed by atoms with Crippen LogP contribution in [0.4, 0.5) is 0 Å². The summed E-state index contributed by atoms with van der Waals surface area (Å²) in [7, 11) is 0. The summed E-state index contributed by atoms with van der Waals surface area (Å²) in [6.07, 6.45) is 4.56. The summed E-state index contributed by atoms with van der Waals surface area (Å²) in [6, 6.07) is 8.60. The van der Waals surface area contributed by atoms with Gasteiger partial charge in [0, 0.05) is 9.75 Å². The summed E-state index contributed by atoms with van der Waals surface area (Å²) >= 11 is 3.66. The van der Waals surface area contributed by atoms with Crippen molar-refractivity contribution >= 4 is 22.7 Å². The van der Waals surface area contributed by atoms with Gasteiger partial charge in [-0.3, -0.25) is 0 Å². The normalized spacial score (nSPS) is 10.5. The molecular weight excluding hydrogens is 196 g/mol. The second-order valence-corrected chi connectivity index (χ2v) is 4.92. The third kappa shape index (κ3) is 2.68. The molecule has 0 aliphatic rings. The van der Waals surface area contributed by atoms with Gasteiger partial charge in [0.2, 0.25) is 0 Å². The molecular formula is C11H11S2. The molecule has 1 radical (unpaired) electrons. The molecule has 13 heavy (non-hydrogen) atoms. The first kappa shape index (κ1) is 8.97. The van der Waals surface area contributed by atoms with Gasteiger partial charge in [-0.15, -0.1) is 22.7 Å². The maximum atomic E-state index is 2.34. The van der Waals surface area contributed by atoms with Crippen LogP contribution in [0.5, 0.6) is 0 Å². The summed E-state index contributed by atoms with van der Waals surface area (Å²) in [4.78, 5) is 2.91. The second kappa shape index (κ2) is 4.58. The van der Waals surface area contributed by atoms with E-state index in [0.29, 0.717) is 0 Å². The van der Waals surface area contributed by atoms with Gasteiger partial charge in [-0.25, -0.2) is 0 Å². The molecule has 0 saturated heterocycles. The van der Waals surface area contributed by atoms with E-state index in [1.807, 2.05) is 22.7 Å². The van der Waals surface area contributed by atoms with Crippen LogP contribution in [0.3, 0.4) is 0 Å². The van der Waals surface area contributed by atoms with Crippen LogP contribution in [0.2, 0.25) is 0 Å². The molecule has 0 bridgehead atoms. The maximum Gasteiger partial charge on any atom is 0.00482 e. The van der Waals surface area contributed by atoms with Crippen LogP contribution in [-0.4, -0.2) is 0 Å². The minimum absolute atomic E-state index is 1.11. The molecule has 0 amide bonds. The van der Waals surface area contributed by atoms with Crippen LogP contribution < -0.4 is 0 Å². The molecule has 0 nitrogen and oxygen atoms in total. The van der Waals surface area contributed by atoms with Crippen molar-refractivity contribution in [2.45, 2.75) is 12.8 Å². The van der Waals surface area contributed by atoms with Crippen LogP contribution in [-0.2, 0) is 12.8 Å². The lowest BCUT2D eigenvalue weighted by Crippen LogP contribution is -1.85. The van der Waals surface area contributed by atoms with E-state index >= 15 is 0 Å². The third-order valence-corrected chi connectivity index (χ3v) is 3.65. The average molecular weight is 207 g/mol. The zero-order chi connectivity index (χ0) is 8.93. The fraction of sp³-hybridized carbons (Fsp3) is 0.182. The lowest BCUT2D eigenvalue weighted by molar-refractivity contribution is 1.07. The van der Waals surface area contributed by atoms with Crippen LogP contribution >= 0.6 is 22.7 Å². The van der Waals surface area contributed by atoms with Crippen molar-refractivity contribution in [2.75, 3.05) is 0 Å². The van der Waals surface area contributed by atoms with E-state index in [1.54, 1.807) is 0 Å².